The predicted octanol–water partition coefficient (Wildman–Crippen LogP) is 0.601. The van der Waals surface area contributed by atoms with Crippen LogP contribution in [0.4, 0.5) is 0 Å². The topological polar surface area (TPSA) is 46.2 Å². The van der Waals surface area contributed by atoms with E-state index in [1.54, 1.807) is 0 Å². The third kappa shape index (κ3) is 2.15. The monoisotopic (exact) mass is 240 g/mol. The van der Waals surface area contributed by atoms with Gasteiger partial charge in [0, 0.05) is 0 Å². The fourth-order valence-electron chi connectivity index (χ4n) is 2.66. The summed E-state index contributed by atoms with van der Waals surface area (Å²) in [6.45, 7) is 5.30. The number of hydrogen-bond acceptors (Lipinski definition) is 5. The van der Waals surface area contributed by atoms with Gasteiger partial charge in [-0.3, -0.25) is 0 Å². The van der Waals surface area contributed by atoms with Gasteiger partial charge in [-0.1, -0.05) is 13.8 Å². The molecular weight excluding hydrogens is 222 g/mol. The van der Waals surface area contributed by atoms with Crippen LogP contribution < -0.4 is 0 Å². The summed E-state index contributed by atoms with van der Waals surface area (Å²) in [5.41, 5.74) is 0. The number of hydrogen-bond donors (Lipinski definition) is 0. The molecule has 17 heavy (non-hydrogen) atoms. The maximum atomic E-state index is 5.85. The SMILES string of the molecule is CCB1OCC(C2OCC3OB(CC)OC32)O1. The average molecular weight is 240 g/mol. The van der Waals surface area contributed by atoms with Crippen molar-refractivity contribution >= 4 is 14.2 Å². The van der Waals surface area contributed by atoms with Crippen LogP contribution in [0.1, 0.15) is 13.8 Å². The largest absolute Gasteiger partial charge is 0.457 e. The van der Waals surface area contributed by atoms with Gasteiger partial charge in [-0.05, 0) is 12.6 Å². The molecule has 0 aromatic rings. The Kier molecular flexibility index (Phi) is 3.45. The fourth-order valence-corrected chi connectivity index (χ4v) is 2.66. The van der Waals surface area contributed by atoms with Gasteiger partial charge in [0.2, 0.25) is 0 Å². The van der Waals surface area contributed by atoms with Gasteiger partial charge in [-0.2, -0.15) is 0 Å². The van der Waals surface area contributed by atoms with E-state index in [-0.39, 0.29) is 38.7 Å². The summed E-state index contributed by atoms with van der Waals surface area (Å²) in [6, 6.07) is 0. The van der Waals surface area contributed by atoms with Gasteiger partial charge in [-0.25, -0.2) is 0 Å². The van der Waals surface area contributed by atoms with Crippen LogP contribution in [0.5, 0.6) is 0 Å². The van der Waals surface area contributed by atoms with Crippen molar-refractivity contribution in [2.24, 2.45) is 0 Å². The van der Waals surface area contributed by atoms with Crippen molar-refractivity contribution in [3.63, 3.8) is 0 Å². The molecule has 3 heterocycles. The molecule has 7 heteroatoms. The van der Waals surface area contributed by atoms with E-state index in [9.17, 15) is 0 Å². The summed E-state index contributed by atoms with van der Waals surface area (Å²) in [7, 11) is -0.173. The van der Waals surface area contributed by atoms with E-state index in [1.165, 1.54) is 0 Å². The highest BCUT2D eigenvalue weighted by Gasteiger charge is 2.52. The Labute approximate surface area is 102 Å². The molecule has 0 aliphatic carbocycles. The molecule has 0 saturated carbocycles. The van der Waals surface area contributed by atoms with Gasteiger partial charge in [0.05, 0.1) is 31.5 Å². The third-order valence-corrected chi connectivity index (χ3v) is 3.58. The van der Waals surface area contributed by atoms with E-state index in [1.807, 2.05) is 6.92 Å². The van der Waals surface area contributed by atoms with Crippen LogP contribution in [0.2, 0.25) is 12.6 Å². The van der Waals surface area contributed by atoms with Gasteiger partial charge in [0.15, 0.2) is 0 Å². The van der Waals surface area contributed by atoms with E-state index >= 15 is 0 Å². The quantitative estimate of drug-likeness (QED) is 0.676. The molecule has 3 rings (SSSR count). The second-order valence-electron chi connectivity index (χ2n) is 4.76. The zero-order valence-corrected chi connectivity index (χ0v) is 10.3. The highest BCUT2D eigenvalue weighted by Crippen LogP contribution is 2.33. The first-order valence-corrected chi connectivity index (χ1v) is 6.51. The maximum absolute atomic E-state index is 5.85. The molecule has 0 spiro atoms. The molecule has 3 aliphatic rings. The van der Waals surface area contributed by atoms with Gasteiger partial charge in [0.25, 0.3) is 0 Å². The lowest BCUT2D eigenvalue weighted by atomic mass is 9.86. The maximum Gasteiger partial charge on any atom is 0.457 e. The van der Waals surface area contributed by atoms with Crippen LogP contribution >= 0.6 is 0 Å². The van der Waals surface area contributed by atoms with Crippen molar-refractivity contribution in [3.8, 4) is 0 Å². The molecule has 0 aromatic heterocycles. The minimum absolute atomic E-state index is 0.00385. The van der Waals surface area contributed by atoms with Crippen molar-refractivity contribution in [1.29, 1.82) is 0 Å². The van der Waals surface area contributed by atoms with Crippen molar-refractivity contribution in [3.05, 3.63) is 0 Å². The molecular formula is C10H18B2O5. The van der Waals surface area contributed by atoms with E-state index in [0.717, 1.165) is 12.6 Å². The second kappa shape index (κ2) is 4.90. The van der Waals surface area contributed by atoms with Crippen LogP contribution in [0.15, 0.2) is 0 Å². The molecule has 0 aromatic carbocycles. The van der Waals surface area contributed by atoms with Crippen molar-refractivity contribution in [2.45, 2.75) is 50.9 Å². The minimum Gasteiger partial charge on any atom is -0.408 e. The Morgan fingerprint density at radius 3 is 2.29 bits per heavy atom. The van der Waals surface area contributed by atoms with E-state index in [2.05, 4.69) is 6.92 Å². The summed E-state index contributed by atoms with van der Waals surface area (Å²) in [6.07, 6.45) is 1.74. The standard InChI is InChI=1S/C10H18B2O5/c1-3-11-14-6-8(15-11)9-10-7(5-13-9)16-12(4-2)17-10/h7-10H,3-6H2,1-2H3. The predicted molar refractivity (Wildman–Crippen MR) is 62.8 cm³/mol. The number of fused-ring (bicyclic) bond motifs is 1. The van der Waals surface area contributed by atoms with Crippen LogP contribution in [-0.4, -0.2) is 51.9 Å². The Balaban J connectivity index is 1.61. The zero-order valence-electron chi connectivity index (χ0n) is 10.3. The highest BCUT2D eigenvalue weighted by molar-refractivity contribution is 6.45. The number of rotatable bonds is 3. The lowest BCUT2D eigenvalue weighted by Crippen LogP contribution is -2.39. The van der Waals surface area contributed by atoms with Crippen LogP contribution in [0.3, 0.4) is 0 Å². The van der Waals surface area contributed by atoms with E-state index < -0.39 is 0 Å². The molecule has 3 fully saturated rings. The van der Waals surface area contributed by atoms with Gasteiger partial charge < -0.3 is 23.4 Å². The van der Waals surface area contributed by atoms with Crippen LogP contribution in [0, 0.1) is 0 Å². The lowest BCUT2D eigenvalue weighted by molar-refractivity contribution is -0.0209. The molecule has 0 radical (unpaired) electrons. The molecule has 5 nitrogen and oxygen atoms in total. The van der Waals surface area contributed by atoms with Crippen LogP contribution in [0.25, 0.3) is 0 Å². The number of ether oxygens (including phenoxy) is 1. The summed E-state index contributed by atoms with van der Waals surface area (Å²) in [5, 5.41) is 0. The molecule has 0 bridgehead atoms. The Bertz CT molecular complexity index is 279. The summed E-state index contributed by atoms with van der Waals surface area (Å²) >= 11 is 0. The highest BCUT2D eigenvalue weighted by atomic mass is 16.7. The fraction of sp³-hybridized carbons (Fsp3) is 1.00. The van der Waals surface area contributed by atoms with Gasteiger partial charge in [-0.15, -0.1) is 0 Å². The summed E-state index contributed by atoms with van der Waals surface area (Å²) in [4.78, 5) is 0. The lowest BCUT2D eigenvalue weighted by Gasteiger charge is -2.22. The van der Waals surface area contributed by atoms with Crippen LogP contribution in [-0.2, 0) is 23.4 Å². The third-order valence-electron chi connectivity index (χ3n) is 3.58. The Hall–Kier alpha value is -0.0701. The summed E-state index contributed by atoms with van der Waals surface area (Å²) in [5.74, 6) is 0. The first-order valence-electron chi connectivity index (χ1n) is 6.51. The van der Waals surface area contributed by atoms with E-state index in [4.69, 9.17) is 23.4 Å². The van der Waals surface area contributed by atoms with Crippen molar-refractivity contribution < 1.29 is 23.4 Å². The van der Waals surface area contributed by atoms with E-state index in [0.29, 0.717) is 13.2 Å². The Morgan fingerprint density at radius 1 is 0.882 bits per heavy atom. The van der Waals surface area contributed by atoms with Gasteiger partial charge >= 0.3 is 14.2 Å². The minimum atomic E-state index is -0.0908. The molecule has 3 saturated heterocycles. The van der Waals surface area contributed by atoms with Crippen molar-refractivity contribution in [1.82, 2.24) is 0 Å². The smallest absolute Gasteiger partial charge is 0.408 e. The summed E-state index contributed by atoms with van der Waals surface area (Å²) < 4.78 is 28.6. The Morgan fingerprint density at radius 2 is 1.59 bits per heavy atom. The molecule has 4 atom stereocenters. The second-order valence-corrected chi connectivity index (χ2v) is 4.76. The van der Waals surface area contributed by atoms with Crippen molar-refractivity contribution in [2.75, 3.05) is 13.2 Å². The molecule has 0 N–H and O–H groups in total. The molecule has 94 valence electrons. The molecule has 0 amide bonds. The molecule has 4 unspecified atom stereocenters. The first kappa shape index (κ1) is 12.0. The molecule has 3 aliphatic heterocycles. The van der Waals surface area contributed by atoms with Gasteiger partial charge in [0.1, 0.15) is 6.10 Å². The first-order chi connectivity index (χ1) is 8.31. The normalized spacial score (nSPS) is 41.3. The average Bonchev–Trinajstić information content (AvgIpc) is 3.02. The zero-order chi connectivity index (χ0) is 11.8.